The van der Waals surface area contributed by atoms with Gasteiger partial charge in [-0.05, 0) is 32.8 Å². The summed E-state index contributed by atoms with van der Waals surface area (Å²) < 4.78 is 22.3. The van der Waals surface area contributed by atoms with E-state index in [0.717, 1.165) is 0 Å². The van der Waals surface area contributed by atoms with E-state index in [2.05, 4.69) is 11.8 Å². The normalized spacial score (nSPS) is 16.1. The molecule has 0 atom stereocenters. The van der Waals surface area contributed by atoms with Gasteiger partial charge in [-0.1, -0.05) is 17.9 Å². The van der Waals surface area contributed by atoms with Gasteiger partial charge in [0.1, 0.15) is 0 Å². The lowest BCUT2D eigenvalue weighted by atomic mass is 10.4. The quantitative estimate of drug-likeness (QED) is 0.530. The second-order valence-electron chi connectivity index (χ2n) is 3.59. The fraction of sp³-hybridized carbons (Fsp3) is 0.667. The van der Waals surface area contributed by atoms with Crippen LogP contribution in [0.1, 0.15) is 26.7 Å². The molecule has 0 unspecified atom stereocenters. The van der Waals surface area contributed by atoms with Crippen molar-refractivity contribution in [2.24, 2.45) is 5.92 Å². The molecule has 1 rings (SSSR count). The number of hydrogen-bond acceptors (Lipinski definition) is 3. The van der Waals surface area contributed by atoms with Gasteiger partial charge >= 0.3 is 7.60 Å². The first kappa shape index (κ1) is 13.5. The van der Waals surface area contributed by atoms with Crippen LogP contribution in [0.4, 0.5) is 0 Å². The minimum absolute atomic E-state index is 0.300. The molecule has 1 saturated carbocycles. The molecule has 3 nitrogen and oxygen atoms in total. The molecule has 1 aliphatic rings. The van der Waals surface area contributed by atoms with Crippen LogP contribution in [-0.4, -0.2) is 19.4 Å². The first-order chi connectivity index (χ1) is 7.70. The maximum Gasteiger partial charge on any atom is 0.334 e. The summed E-state index contributed by atoms with van der Waals surface area (Å²) in [6, 6.07) is 0. The average molecular weight is 242 g/mol. The monoisotopic (exact) mass is 242 g/mol. The Morgan fingerprint density at radius 1 is 1.31 bits per heavy atom. The van der Waals surface area contributed by atoms with Crippen molar-refractivity contribution >= 4 is 7.60 Å². The highest BCUT2D eigenvalue weighted by atomic mass is 31.2. The predicted octanol–water partition coefficient (Wildman–Crippen LogP) is 3.22. The Morgan fingerprint density at radius 3 is 2.44 bits per heavy atom. The topological polar surface area (TPSA) is 35.5 Å². The zero-order chi connectivity index (χ0) is 11.9. The van der Waals surface area contributed by atoms with E-state index in [1.165, 1.54) is 12.8 Å². The molecule has 0 spiro atoms. The highest BCUT2D eigenvalue weighted by Gasteiger charge is 2.21. The molecule has 0 saturated heterocycles. The van der Waals surface area contributed by atoms with Crippen LogP contribution in [0, 0.1) is 17.8 Å². The van der Waals surface area contributed by atoms with Crippen LogP contribution < -0.4 is 0 Å². The molecule has 0 N–H and O–H groups in total. The second kappa shape index (κ2) is 6.91. The standard InChI is InChI=1S/C12H19O3P/c1-3-14-16(13,15-4-2)11-7-5-6-8-12-9-10-12/h5,7,12H,3-4,9-11H2,1-2H3/b7-5+. The average Bonchev–Trinajstić information content (AvgIpc) is 3.02. The van der Waals surface area contributed by atoms with Gasteiger partial charge in [-0.2, -0.15) is 0 Å². The molecule has 0 radical (unpaired) electrons. The van der Waals surface area contributed by atoms with Crippen LogP contribution in [-0.2, 0) is 13.6 Å². The number of allylic oxidation sites excluding steroid dienone is 2. The maximum absolute atomic E-state index is 12.0. The van der Waals surface area contributed by atoms with Crippen LogP contribution in [0.15, 0.2) is 12.2 Å². The van der Waals surface area contributed by atoms with Crippen molar-refractivity contribution in [1.82, 2.24) is 0 Å². The Hall–Kier alpha value is -0.550. The molecule has 0 bridgehead atoms. The van der Waals surface area contributed by atoms with E-state index in [9.17, 15) is 4.57 Å². The molecule has 0 aromatic rings. The van der Waals surface area contributed by atoms with Gasteiger partial charge in [-0.3, -0.25) is 4.57 Å². The summed E-state index contributed by atoms with van der Waals surface area (Å²) in [6.45, 7) is 4.42. The molecule has 1 aliphatic carbocycles. The van der Waals surface area contributed by atoms with E-state index in [1.807, 2.05) is 13.8 Å². The van der Waals surface area contributed by atoms with Crippen molar-refractivity contribution in [1.29, 1.82) is 0 Å². The van der Waals surface area contributed by atoms with E-state index in [4.69, 9.17) is 9.05 Å². The Labute approximate surface area is 97.7 Å². The fourth-order valence-electron chi connectivity index (χ4n) is 1.17. The number of hydrogen-bond donors (Lipinski definition) is 0. The first-order valence-electron chi connectivity index (χ1n) is 5.74. The molecule has 0 heterocycles. The molecular weight excluding hydrogens is 223 g/mol. The lowest BCUT2D eigenvalue weighted by molar-refractivity contribution is 0.222. The third kappa shape index (κ3) is 5.51. The zero-order valence-corrected chi connectivity index (χ0v) is 10.8. The van der Waals surface area contributed by atoms with Crippen LogP contribution in [0.5, 0.6) is 0 Å². The third-order valence-corrected chi connectivity index (χ3v) is 4.01. The van der Waals surface area contributed by atoms with Crippen molar-refractivity contribution in [2.75, 3.05) is 19.4 Å². The zero-order valence-electron chi connectivity index (χ0n) is 9.94. The molecule has 90 valence electrons. The van der Waals surface area contributed by atoms with Gasteiger partial charge in [0, 0.05) is 5.92 Å². The van der Waals surface area contributed by atoms with Crippen molar-refractivity contribution in [3.63, 3.8) is 0 Å². The highest BCUT2D eigenvalue weighted by molar-refractivity contribution is 7.54. The van der Waals surface area contributed by atoms with E-state index in [-0.39, 0.29) is 0 Å². The summed E-state index contributed by atoms with van der Waals surface area (Å²) >= 11 is 0. The third-order valence-electron chi connectivity index (χ3n) is 2.05. The van der Waals surface area contributed by atoms with Gasteiger partial charge in [0.15, 0.2) is 0 Å². The van der Waals surface area contributed by atoms with E-state index in [1.54, 1.807) is 12.2 Å². The van der Waals surface area contributed by atoms with Crippen molar-refractivity contribution < 1.29 is 13.6 Å². The molecule has 0 aromatic carbocycles. The summed E-state index contributed by atoms with van der Waals surface area (Å²) in [5, 5.41) is 0. The van der Waals surface area contributed by atoms with Crippen molar-refractivity contribution in [2.45, 2.75) is 26.7 Å². The van der Waals surface area contributed by atoms with Gasteiger partial charge in [0.25, 0.3) is 0 Å². The van der Waals surface area contributed by atoms with Crippen LogP contribution in [0.3, 0.4) is 0 Å². The lowest BCUT2D eigenvalue weighted by Gasteiger charge is -2.14. The Balaban J connectivity index is 2.36. The first-order valence-corrected chi connectivity index (χ1v) is 7.47. The van der Waals surface area contributed by atoms with Gasteiger partial charge in [-0.15, -0.1) is 0 Å². The Morgan fingerprint density at radius 2 is 1.94 bits per heavy atom. The van der Waals surface area contributed by atoms with Gasteiger partial charge < -0.3 is 9.05 Å². The molecule has 1 fully saturated rings. The SMILES string of the molecule is CCOP(=O)(C/C=C/C#CC1CC1)OCC. The van der Waals surface area contributed by atoms with E-state index < -0.39 is 7.60 Å². The molecule has 0 amide bonds. The summed E-state index contributed by atoms with van der Waals surface area (Å²) in [7, 11) is -2.92. The summed E-state index contributed by atoms with van der Waals surface area (Å²) in [4.78, 5) is 0. The van der Waals surface area contributed by atoms with Crippen LogP contribution >= 0.6 is 7.60 Å². The summed E-state index contributed by atoms with van der Waals surface area (Å²) in [6.07, 6.45) is 6.24. The van der Waals surface area contributed by atoms with Crippen molar-refractivity contribution in [3.05, 3.63) is 12.2 Å². The summed E-state index contributed by atoms with van der Waals surface area (Å²) in [5.41, 5.74) is 0. The Bertz CT molecular complexity index is 324. The fourth-order valence-corrected chi connectivity index (χ4v) is 2.61. The Kier molecular flexibility index (Phi) is 5.84. The summed E-state index contributed by atoms with van der Waals surface area (Å²) in [5.74, 6) is 6.63. The maximum atomic E-state index is 12.0. The van der Waals surface area contributed by atoms with Crippen LogP contribution in [0.25, 0.3) is 0 Å². The largest absolute Gasteiger partial charge is 0.334 e. The minimum Gasteiger partial charge on any atom is -0.309 e. The van der Waals surface area contributed by atoms with E-state index in [0.29, 0.717) is 25.3 Å². The lowest BCUT2D eigenvalue weighted by Crippen LogP contribution is -1.98. The minimum atomic E-state index is -2.92. The molecular formula is C12H19O3P. The molecule has 4 heteroatoms. The molecule has 0 aromatic heterocycles. The molecule has 0 aliphatic heterocycles. The second-order valence-corrected chi connectivity index (χ2v) is 5.70. The van der Waals surface area contributed by atoms with Gasteiger partial charge in [-0.25, -0.2) is 0 Å². The van der Waals surface area contributed by atoms with Gasteiger partial charge in [0.05, 0.1) is 19.4 Å². The van der Waals surface area contributed by atoms with Crippen LogP contribution in [0.2, 0.25) is 0 Å². The molecule has 16 heavy (non-hydrogen) atoms. The smallest absolute Gasteiger partial charge is 0.309 e. The van der Waals surface area contributed by atoms with Crippen molar-refractivity contribution in [3.8, 4) is 11.8 Å². The van der Waals surface area contributed by atoms with E-state index >= 15 is 0 Å². The highest BCUT2D eigenvalue weighted by Crippen LogP contribution is 2.47. The van der Waals surface area contributed by atoms with Gasteiger partial charge in [0.2, 0.25) is 0 Å². The predicted molar refractivity (Wildman–Crippen MR) is 65.4 cm³/mol. The number of rotatable bonds is 6.